The Morgan fingerprint density at radius 1 is 1.44 bits per heavy atom. The standard InChI is InChI=1S/C13H12BrFN2O/c1-2-7-17-12(5-6-16-17)13(18)10-4-3-9(15)8-11(10)14/h3-6,8H,2,7H2,1H3. The second-order valence-corrected chi connectivity index (χ2v) is 4.75. The summed E-state index contributed by atoms with van der Waals surface area (Å²) in [5, 5.41) is 4.11. The van der Waals surface area contributed by atoms with Gasteiger partial charge in [-0.05, 0) is 46.6 Å². The third-order valence-corrected chi connectivity index (χ3v) is 3.22. The van der Waals surface area contributed by atoms with Crippen LogP contribution in [0.2, 0.25) is 0 Å². The van der Waals surface area contributed by atoms with Gasteiger partial charge in [0.25, 0.3) is 0 Å². The van der Waals surface area contributed by atoms with E-state index in [1.807, 2.05) is 6.92 Å². The van der Waals surface area contributed by atoms with Crippen molar-refractivity contribution in [1.29, 1.82) is 0 Å². The molecule has 0 N–H and O–H groups in total. The van der Waals surface area contributed by atoms with Crippen LogP contribution in [0.3, 0.4) is 0 Å². The van der Waals surface area contributed by atoms with Gasteiger partial charge < -0.3 is 0 Å². The maximum Gasteiger partial charge on any atom is 0.212 e. The van der Waals surface area contributed by atoms with Crippen molar-refractivity contribution < 1.29 is 9.18 Å². The summed E-state index contributed by atoms with van der Waals surface area (Å²) in [4.78, 5) is 12.3. The van der Waals surface area contributed by atoms with Crippen LogP contribution < -0.4 is 0 Å². The van der Waals surface area contributed by atoms with Gasteiger partial charge in [0.1, 0.15) is 11.5 Å². The summed E-state index contributed by atoms with van der Waals surface area (Å²) in [6.07, 6.45) is 2.49. The Bertz CT molecular complexity index is 580. The average molecular weight is 311 g/mol. The lowest BCUT2D eigenvalue weighted by Crippen LogP contribution is -2.12. The Balaban J connectivity index is 2.38. The highest BCUT2D eigenvalue weighted by atomic mass is 79.9. The zero-order valence-corrected chi connectivity index (χ0v) is 11.4. The van der Waals surface area contributed by atoms with Crippen molar-refractivity contribution >= 4 is 21.7 Å². The van der Waals surface area contributed by atoms with Gasteiger partial charge in [-0.1, -0.05) is 6.92 Å². The number of rotatable bonds is 4. The summed E-state index contributed by atoms with van der Waals surface area (Å²) < 4.78 is 15.1. The highest BCUT2D eigenvalue weighted by Crippen LogP contribution is 2.21. The van der Waals surface area contributed by atoms with Gasteiger partial charge in [-0.25, -0.2) is 4.39 Å². The SMILES string of the molecule is CCCn1nccc1C(=O)c1ccc(F)cc1Br. The van der Waals surface area contributed by atoms with Gasteiger partial charge in [0, 0.05) is 22.8 Å². The molecule has 1 aromatic carbocycles. The van der Waals surface area contributed by atoms with Crippen molar-refractivity contribution in [2.45, 2.75) is 19.9 Å². The first-order valence-corrected chi connectivity index (χ1v) is 6.44. The molecule has 1 aromatic heterocycles. The van der Waals surface area contributed by atoms with E-state index in [0.29, 0.717) is 22.3 Å². The Kier molecular flexibility index (Phi) is 3.91. The van der Waals surface area contributed by atoms with E-state index in [1.54, 1.807) is 16.9 Å². The van der Waals surface area contributed by atoms with Gasteiger partial charge in [-0.3, -0.25) is 9.48 Å². The predicted molar refractivity (Wildman–Crippen MR) is 70.1 cm³/mol. The van der Waals surface area contributed by atoms with E-state index in [4.69, 9.17) is 0 Å². The van der Waals surface area contributed by atoms with E-state index in [9.17, 15) is 9.18 Å². The summed E-state index contributed by atoms with van der Waals surface area (Å²) in [6, 6.07) is 5.71. The van der Waals surface area contributed by atoms with Crippen molar-refractivity contribution in [3.05, 3.63) is 52.0 Å². The summed E-state index contributed by atoms with van der Waals surface area (Å²) >= 11 is 3.21. The quantitative estimate of drug-likeness (QED) is 0.811. The van der Waals surface area contributed by atoms with Crippen LogP contribution in [0.15, 0.2) is 34.9 Å². The van der Waals surface area contributed by atoms with Crippen LogP contribution in [-0.4, -0.2) is 15.6 Å². The Morgan fingerprint density at radius 2 is 2.22 bits per heavy atom. The van der Waals surface area contributed by atoms with Crippen LogP contribution >= 0.6 is 15.9 Å². The van der Waals surface area contributed by atoms with E-state index in [0.717, 1.165) is 6.42 Å². The highest BCUT2D eigenvalue weighted by Gasteiger charge is 2.16. The van der Waals surface area contributed by atoms with Gasteiger partial charge in [0.05, 0.1) is 0 Å². The topological polar surface area (TPSA) is 34.9 Å². The van der Waals surface area contributed by atoms with E-state index >= 15 is 0 Å². The second-order valence-electron chi connectivity index (χ2n) is 3.89. The lowest BCUT2D eigenvalue weighted by atomic mass is 10.1. The van der Waals surface area contributed by atoms with Crippen LogP contribution in [0.5, 0.6) is 0 Å². The number of hydrogen-bond acceptors (Lipinski definition) is 2. The van der Waals surface area contributed by atoms with Crippen LogP contribution in [-0.2, 0) is 6.54 Å². The van der Waals surface area contributed by atoms with Crippen LogP contribution in [0.1, 0.15) is 29.4 Å². The van der Waals surface area contributed by atoms with Gasteiger partial charge in [-0.2, -0.15) is 5.10 Å². The van der Waals surface area contributed by atoms with Crippen molar-refractivity contribution in [1.82, 2.24) is 9.78 Å². The summed E-state index contributed by atoms with van der Waals surface area (Å²) in [7, 11) is 0. The molecule has 5 heteroatoms. The summed E-state index contributed by atoms with van der Waals surface area (Å²) in [5.41, 5.74) is 0.957. The lowest BCUT2D eigenvalue weighted by molar-refractivity contribution is 0.102. The number of aromatic nitrogens is 2. The molecule has 1 heterocycles. The molecule has 2 rings (SSSR count). The van der Waals surface area contributed by atoms with Crippen molar-refractivity contribution in [3.8, 4) is 0 Å². The molecule has 0 spiro atoms. The molecule has 0 saturated carbocycles. The van der Waals surface area contributed by atoms with Crippen LogP contribution in [0, 0.1) is 5.82 Å². The Hall–Kier alpha value is -1.49. The molecule has 0 radical (unpaired) electrons. The largest absolute Gasteiger partial charge is 0.287 e. The zero-order chi connectivity index (χ0) is 13.1. The number of carbonyl (C=O) groups excluding carboxylic acids is 1. The van der Waals surface area contributed by atoms with Crippen molar-refractivity contribution in [3.63, 3.8) is 0 Å². The molecule has 0 bridgehead atoms. The third-order valence-electron chi connectivity index (χ3n) is 2.56. The predicted octanol–water partition coefficient (Wildman–Crippen LogP) is 3.43. The molecule has 0 aliphatic heterocycles. The number of benzene rings is 1. The molecule has 0 aliphatic carbocycles. The Morgan fingerprint density at radius 3 is 2.89 bits per heavy atom. The lowest BCUT2D eigenvalue weighted by Gasteiger charge is -2.06. The first kappa shape index (κ1) is 13.0. The molecule has 18 heavy (non-hydrogen) atoms. The minimum atomic E-state index is -0.375. The minimum Gasteiger partial charge on any atom is -0.287 e. The van der Waals surface area contributed by atoms with Crippen molar-refractivity contribution in [2.75, 3.05) is 0 Å². The molecular weight excluding hydrogens is 299 g/mol. The monoisotopic (exact) mass is 310 g/mol. The molecular formula is C13H12BrFN2O. The molecule has 0 aliphatic rings. The van der Waals surface area contributed by atoms with E-state index < -0.39 is 0 Å². The van der Waals surface area contributed by atoms with E-state index in [-0.39, 0.29) is 11.6 Å². The fourth-order valence-electron chi connectivity index (χ4n) is 1.73. The average Bonchev–Trinajstić information content (AvgIpc) is 2.77. The fraction of sp³-hybridized carbons (Fsp3) is 0.231. The number of hydrogen-bond donors (Lipinski definition) is 0. The van der Waals surface area contributed by atoms with Crippen molar-refractivity contribution in [2.24, 2.45) is 0 Å². The highest BCUT2D eigenvalue weighted by molar-refractivity contribution is 9.10. The molecule has 0 unspecified atom stereocenters. The molecule has 0 amide bonds. The van der Waals surface area contributed by atoms with E-state index in [2.05, 4.69) is 21.0 Å². The minimum absolute atomic E-state index is 0.159. The number of halogens is 2. The summed E-state index contributed by atoms with van der Waals surface area (Å²) in [6.45, 7) is 2.70. The number of ketones is 1. The smallest absolute Gasteiger partial charge is 0.212 e. The molecule has 0 atom stereocenters. The molecule has 2 aromatic rings. The number of nitrogens with zero attached hydrogens (tertiary/aromatic N) is 2. The molecule has 3 nitrogen and oxygen atoms in total. The van der Waals surface area contributed by atoms with Gasteiger partial charge >= 0.3 is 0 Å². The second kappa shape index (κ2) is 5.44. The van der Waals surface area contributed by atoms with Gasteiger partial charge in [-0.15, -0.1) is 0 Å². The number of carbonyl (C=O) groups is 1. The van der Waals surface area contributed by atoms with Gasteiger partial charge in [0.15, 0.2) is 0 Å². The molecule has 0 saturated heterocycles. The number of aryl methyl sites for hydroxylation is 1. The van der Waals surface area contributed by atoms with Crippen LogP contribution in [0.4, 0.5) is 4.39 Å². The molecule has 94 valence electrons. The zero-order valence-electron chi connectivity index (χ0n) is 9.86. The third kappa shape index (κ3) is 2.51. The van der Waals surface area contributed by atoms with Gasteiger partial charge in [0.2, 0.25) is 5.78 Å². The first-order valence-electron chi connectivity index (χ1n) is 5.65. The maximum absolute atomic E-state index is 13.0. The van der Waals surface area contributed by atoms with E-state index in [1.165, 1.54) is 18.2 Å². The maximum atomic E-state index is 13.0. The Labute approximate surface area is 113 Å². The fourth-order valence-corrected chi connectivity index (χ4v) is 2.26. The molecule has 0 fully saturated rings. The van der Waals surface area contributed by atoms with Crippen LogP contribution in [0.25, 0.3) is 0 Å². The first-order chi connectivity index (χ1) is 8.63. The normalized spacial score (nSPS) is 10.6. The summed E-state index contributed by atoms with van der Waals surface area (Å²) in [5.74, 6) is -0.534.